The molecule has 1 heterocycles. The van der Waals surface area contributed by atoms with E-state index in [1.165, 1.54) is 0 Å². The van der Waals surface area contributed by atoms with Crippen LogP contribution in [-0.2, 0) is 14.8 Å². The predicted molar refractivity (Wildman–Crippen MR) is 60.7 cm³/mol. The van der Waals surface area contributed by atoms with Crippen molar-refractivity contribution in [1.29, 1.82) is 0 Å². The Bertz CT molecular complexity index is 286. The zero-order valence-corrected chi connectivity index (χ0v) is 10.5. The van der Waals surface area contributed by atoms with Crippen LogP contribution in [0.4, 0.5) is 0 Å². The standard InChI is InChI=1S/C9H18ClNO3S/c1-9(4-2-6-14-8-9)11-15(12,13)7-3-5-10/h11H,2-8H2,1H3. The van der Waals surface area contributed by atoms with Crippen molar-refractivity contribution in [3.63, 3.8) is 0 Å². The van der Waals surface area contributed by atoms with Crippen LogP contribution in [0.25, 0.3) is 0 Å². The number of halogens is 1. The lowest BCUT2D eigenvalue weighted by Crippen LogP contribution is -2.52. The summed E-state index contributed by atoms with van der Waals surface area (Å²) in [4.78, 5) is 0. The Morgan fingerprint density at radius 3 is 2.80 bits per heavy atom. The van der Waals surface area contributed by atoms with Crippen LogP contribution < -0.4 is 4.72 Å². The normalized spacial score (nSPS) is 27.9. The predicted octanol–water partition coefficient (Wildman–Crippen LogP) is 1.10. The van der Waals surface area contributed by atoms with Crippen molar-refractivity contribution < 1.29 is 13.2 Å². The maximum Gasteiger partial charge on any atom is 0.212 e. The van der Waals surface area contributed by atoms with E-state index < -0.39 is 15.6 Å². The highest BCUT2D eigenvalue weighted by Crippen LogP contribution is 2.19. The van der Waals surface area contributed by atoms with E-state index in [1.807, 2.05) is 6.92 Å². The van der Waals surface area contributed by atoms with E-state index in [0.29, 0.717) is 18.9 Å². The number of rotatable bonds is 5. The third-order valence-electron chi connectivity index (χ3n) is 2.39. The summed E-state index contributed by atoms with van der Waals surface area (Å²) in [6, 6.07) is 0. The summed E-state index contributed by atoms with van der Waals surface area (Å²) in [5, 5.41) is 0. The number of ether oxygens (including phenoxy) is 1. The minimum Gasteiger partial charge on any atom is -0.380 e. The second kappa shape index (κ2) is 5.48. The molecule has 0 bridgehead atoms. The van der Waals surface area contributed by atoms with E-state index in [4.69, 9.17) is 16.3 Å². The summed E-state index contributed by atoms with van der Waals surface area (Å²) in [5.41, 5.74) is -0.441. The van der Waals surface area contributed by atoms with E-state index >= 15 is 0 Å². The molecule has 0 radical (unpaired) electrons. The first-order valence-corrected chi connectivity index (χ1v) is 7.31. The van der Waals surface area contributed by atoms with Crippen molar-refractivity contribution in [3.05, 3.63) is 0 Å². The van der Waals surface area contributed by atoms with Gasteiger partial charge in [0.2, 0.25) is 10.0 Å². The lowest BCUT2D eigenvalue weighted by molar-refractivity contribution is 0.0386. The highest BCUT2D eigenvalue weighted by Gasteiger charge is 2.31. The zero-order valence-electron chi connectivity index (χ0n) is 8.96. The van der Waals surface area contributed by atoms with Crippen molar-refractivity contribution in [2.45, 2.75) is 31.7 Å². The lowest BCUT2D eigenvalue weighted by Gasteiger charge is -2.33. The third-order valence-corrected chi connectivity index (χ3v) is 4.28. The molecule has 0 aromatic rings. The largest absolute Gasteiger partial charge is 0.380 e. The average molecular weight is 256 g/mol. The molecule has 1 aliphatic heterocycles. The SMILES string of the molecule is CC1(NS(=O)(=O)CCCCl)CCCOC1. The molecule has 6 heteroatoms. The molecule has 1 rings (SSSR count). The van der Waals surface area contributed by atoms with Gasteiger partial charge in [0.25, 0.3) is 0 Å². The smallest absolute Gasteiger partial charge is 0.212 e. The van der Waals surface area contributed by atoms with Gasteiger partial charge >= 0.3 is 0 Å². The zero-order chi connectivity index (χ0) is 11.4. The molecule has 0 aromatic carbocycles. The number of alkyl halides is 1. The molecule has 1 saturated heterocycles. The van der Waals surface area contributed by atoms with Gasteiger partial charge in [-0.2, -0.15) is 0 Å². The van der Waals surface area contributed by atoms with Crippen molar-refractivity contribution in [2.75, 3.05) is 24.8 Å². The highest BCUT2D eigenvalue weighted by molar-refractivity contribution is 7.89. The number of sulfonamides is 1. The monoisotopic (exact) mass is 255 g/mol. The maximum atomic E-state index is 11.6. The van der Waals surface area contributed by atoms with Gasteiger partial charge in [0.05, 0.1) is 17.9 Å². The molecule has 0 spiro atoms. The lowest BCUT2D eigenvalue weighted by atomic mass is 9.97. The Labute approximate surface area is 96.4 Å². The average Bonchev–Trinajstić information content (AvgIpc) is 2.14. The summed E-state index contributed by atoms with van der Waals surface area (Å²) >= 11 is 5.47. The van der Waals surface area contributed by atoms with Gasteiger partial charge < -0.3 is 4.74 Å². The fourth-order valence-corrected chi connectivity index (χ4v) is 3.52. The van der Waals surface area contributed by atoms with Gasteiger partial charge in [-0.1, -0.05) is 0 Å². The Hall–Kier alpha value is 0.160. The van der Waals surface area contributed by atoms with E-state index in [-0.39, 0.29) is 5.75 Å². The Kier molecular flexibility index (Phi) is 4.83. The van der Waals surface area contributed by atoms with Crippen molar-refractivity contribution >= 4 is 21.6 Å². The minimum atomic E-state index is -3.22. The molecule has 1 N–H and O–H groups in total. The molecule has 90 valence electrons. The first-order valence-electron chi connectivity index (χ1n) is 5.13. The first-order chi connectivity index (χ1) is 6.97. The third kappa shape index (κ3) is 4.68. The second-order valence-corrected chi connectivity index (χ2v) is 6.40. The molecule has 1 unspecified atom stereocenters. The molecule has 4 nitrogen and oxygen atoms in total. The van der Waals surface area contributed by atoms with Gasteiger partial charge in [-0.05, 0) is 26.2 Å². The van der Waals surface area contributed by atoms with Crippen molar-refractivity contribution in [2.24, 2.45) is 0 Å². The van der Waals surface area contributed by atoms with Gasteiger partial charge in [0, 0.05) is 12.5 Å². The molecular weight excluding hydrogens is 238 g/mol. The van der Waals surface area contributed by atoms with Gasteiger partial charge in [0.15, 0.2) is 0 Å². The molecule has 1 aliphatic rings. The first kappa shape index (κ1) is 13.2. The molecular formula is C9H18ClNO3S. The van der Waals surface area contributed by atoms with Crippen LogP contribution in [0.1, 0.15) is 26.2 Å². The summed E-state index contributed by atoms with van der Waals surface area (Å²) < 4.78 is 31.3. The van der Waals surface area contributed by atoms with Gasteiger partial charge in [-0.15, -0.1) is 11.6 Å². The Morgan fingerprint density at radius 1 is 1.53 bits per heavy atom. The summed E-state index contributed by atoms with van der Waals surface area (Å²) in [7, 11) is -3.22. The van der Waals surface area contributed by atoms with Crippen LogP contribution in [-0.4, -0.2) is 38.8 Å². The quantitative estimate of drug-likeness (QED) is 0.749. The Balaban J connectivity index is 2.51. The maximum absolute atomic E-state index is 11.6. The minimum absolute atomic E-state index is 0.0894. The van der Waals surface area contributed by atoms with Gasteiger partial charge in [-0.3, -0.25) is 0 Å². The second-order valence-electron chi connectivity index (χ2n) is 4.18. The van der Waals surface area contributed by atoms with Gasteiger partial charge in [-0.25, -0.2) is 13.1 Å². The molecule has 15 heavy (non-hydrogen) atoms. The molecule has 0 aromatic heterocycles. The van der Waals surface area contributed by atoms with Crippen molar-refractivity contribution in [3.8, 4) is 0 Å². The fraction of sp³-hybridized carbons (Fsp3) is 1.00. The molecule has 0 amide bonds. The van der Waals surface area contributed by atoms with Crippen LogP contribution in [0, 0.1) is 0 Å². The van der Waals surface area contributed by atoms with Crippen LogP contribution in [0.2, 0.25) is 0 Å². The molecule has 1 fully saturated rings. The van der Waals surface area contributed by atoms with Crippen molar-refractivity contribution in [1.82, 2.24) is 4.72 Å². The van der Waals surface area contributed by atoms with E-state index in [1.54, 1.807) is 0 Å². The van der Waals surface area contributed by atoms with Crippen LogP contribution in [0.3, 0.4) is 0 Å². The highest BCUT2D eigenvalue weighted by atomic mass is 35.5. The van der Waals surface area contributed by atoms with E-state index in [0.717, 1.165) is 19.4 Å². The number of nitrogens with one attached hydrogen (secondary N) is 1. The van der Waals surface area contributed by atoms with E-state index in [9.17, 15) is 8.42 Å². The van der Waals surface area contributed by atoms with E-state index in [2.05, 4.69) is 4.72 Å². The van der Waals surface area contributed by atoms with Crippen LogP contribution >= 0.6 is 11.6 Å². The summed E-state index contributed by atoms with van der Waals surface area (Å²) in [5.74, 6) is 0.459. The Morgan fingerprint density at radius 2 is 2.27 bits per heavy atom. The number of hydrogen-bond donors (Lipinski definition) is 1. The van der Waals surface area contributed by atoms with Crippen LogP contribution in [0.5, 0.6) is 0 Å². The summed E-state index contributed by atoms with van der Waals surface area (Å²) in [6.07, 6.45) is 2.20. The molecule has 1 atom stereocenters. The fourth-order valence-electron chi connectivity index (χ4n) is 1.69. The molecule has 0 saturated carbocycles. The van der Waals surface area contributed by atoms with Gasteiger partial charge in [0.1, 0.15) is 0 Å². The summed E-state index contributed by atoms with van der Waals surface area (Å²) in [6.45, 7) is 3.05. The number of hydrogen-bond acceptors (Lipinski definition) is 3. The topological polar surface area (TPSA) is 55.4 Å². The molecule has 0 aliphatic carbocycles. The van der Waals surface area contributed by atoms with Crippen LogP contribution in [0.15, 0.2) is 0 Å².